The van der Waals surface area contributed by atoms with Gasteiger partial charge in [0, 0.05) is 5.02 Å². The standard InChI is InChI=1S/C19H17ClN4O3/c1-11-5-3-4-6-15(11)23-22-12(2)16-17(25)21-19(27)24(18(16)26)14-9-7-13(20)8-10-14/h3-10,23,26H,1-2H3,(H,21,25,27)/b22-12+. The molecule has 1 heterocycles. The first kappa shape index (κ1) is 18.5. The summed E-state index contributed by atoms with van der Waals surface area (Å²) >= 11 is 5.86. The van der Waals surface area contributed by atoms with Gasteiger partial charge in [-0.05, 0) is 49.7 Å². The molecule has 0 saturated carbocycles. The summed E-state index contributed by atoms with van der Waals surface area (Å²) in [5, 5.41) is 15.3. The fraction of sp³-hybridized carbons (Fsp3) is 0.105. The van der Waals surface area contributed by atoms with Crippen LogP contribution in [0, 0.1) is 6.92 Å². The van der Waals surface area contributed by atoms with Crippen LogP contribution in [0.15, 0.2) is 63.2 Å². The van der Waals surface area contributed by atoms with Gasteiger partial charge in [0.1, 0.15) is 5.56 Å². The molecule has 0 saturated heterocycles. The summed E-state index contributed by atoms with van der Waals surface area (Å²) in [6.07, 6.45) is 0. The van der Waals surface area contributed by atoms with E-state index < -0.39 is 17.1 Å². The number of aromatic amines is 1. The lowest BCUT2D eigenvalue weighted by molar-refractivity contribution is 0.429. The van der Waals surface area contributed by atoms with Gasteiger partial charge < -0.3 is 5.11 Å². The number of hydrogen-bond donors (Lipinski definition) is 3. The third kappa shape index (κ3) is 3.78. The molecular formula is C19H17ClN4O3. The van der Waals surface area contributed by atoms with Gasteiger partial charge >= 0.3 is 5.69 Å². The first-order chi connectivity index (χ1) is 12.9. The van der Waals surface area contributed by atoms with Gasteiger partial charge in [-0.2, -0.15) is 5.10 Å². The molecule has 2 aromatic carbocycles. The first-order valence-corrected chi connectivity index (χ1v) is 8.47. The summed E-state index contributed by atoms with van der Waals surface area (Å²) in [7, 11) is 0. The fourth-order valence-corrected chi connectivity index (χ4v) is 2.71. The van der Waals surface area contributed by atoms with Gasteiger partial charge in [0.15, 0.2) is 0 Å². The molecule has 7 nitrogen and oxygen atoms in total. The van der Waals surface area contributed by atoms with E-state index in [0.717, 1.165) is 15.8 Å². The Morgan fingerprint density at radius 2 is 1.81 bits per heavy atom. The number of hydrazone groups is 1. The molecule has 3 N–H and O–H groups in total. The number of H-pyrrole nitrogens is 1. The van der Waals surface area contributed by atoms with Crippen LogP contribution in [0.3, 0.4) is 0 Å². The Labute approximate surface area is 159 Å². The van der Waals surface area contributed by atoms with E-state index in [0.29, 0.717) is 10.7 Å². The Bertz CT molecular complexity index is 1130. The van der Waals surface area contributed by atoms with Crippen molar-refractivity contribution in [2.75, 3.05) is 5.43 Å². The summed E-state index contributed by atoms with van der Waals surface area (Å²) in [5.74, 6) is -0.501. The van der Waals surface area contributed by atoms with Gasteiger partial charge in [0.05, 0.1) is 17.1 Å². The van der Waals surface area contributed by atoms with Crippen molar-refractivity contribution in [1.29, 1.82) is 0 Å². The lowest BCUT2D eigenvalue weighted by Gasteiger charge is -2.12. The van der Waals surface area contributed by atoms with Crippen LogP contribution in [-0.4, -0.2) is 20.4 Å². The fourth-order valence-electron chi connectivity index (χ4n) is 2.58. The number of halogens is 1. The van der Waals surface area contributed by atoms with Gasteiger partial charge in [0.2, 0.25) is 5.88 Å². The monoisotopic (exact) mass is 384 g/mol. The zero-order valence-corrected chi connectivity index (χ0v) is 15.4. The van der Waals surface area contributed by atoms with E-state index in [4.69, 9.17) is 11.6 Å². The molecule has 0 spiro atoms. The molecule has 0 fully saturated rings. The van der Waals surface area contributed by atoms with Crippen molar-refractivity contribution in [2.45, 2.75) is 13.8 Å². The third-order valence-corrected chi connectivity index (χ3v) is 4.27. The highest BCUT2D eigenvalue weighted by Crippen LogP contribution is 2.19. The third-order valence-electron chi connectivity index (χ3n) is 4.02. The SMILES string of the molecule is C/C(=N\Nc1ccccc1C)c1c(O)n(-c2ccc(Cl)cc2)c(=O)[nH]c1=O. The maximum Gasteiger partial charge on any atom is 0.335 e. The molecule has 3 aromatic rings. The Hall–Kier alpha value is -3.32. The van der Waals surface area contributed by atoms with Crippen molar-refractivity contribution >= 4 is 23.0 Å². The summed E-state index contributed by atoms with van der Waals surface area (Å²) in [5.41, 5.74) is 3.59. The number of para-hydroxylation sites is 1. The maximum absolute atomic E-state index is 12.3. The summed E-state index contributed by atoms with van der Waals surface area (Å²) in [4.78, 5) is 26.7. The second kappa shape index (κ2) is 7.51. The van der Waals surface area contributed by atoms with Crippen molar-refractivity contribution in [1.82, 2.24) is 9.55 Å². The van der Waals surface area contributed by atoms with E-state index in [2.05, 4.69) is 15.5 Å². The maximum atomic E-state index is 12.3. The van der Waals surface area contributed by atoms with Crippen molar-refractivity contribution in [2.24, 2.45) is 5.10 Å². The normalized spacial score (nSPS) is 11.4. The minimum Gasteiger partial charge on any atom is -0.493 e. The van der Waals surface area contributed by atoms with Gasteiger partial charge in [-0.1, -0.05) is 29.8 Å². The highest BCUT2D eigenvalue weighted by atomic mass is 35.5. The molecule has 0 aliphatic carbocycles. The van der Waals surface area contributed by atoms with Crippen molar-refractivity contribution < 1.29 is 5.11 Å². The lowest BCUT2D eigenvalue weighted by Crippen LogP contribution is -2.32. The molecule has 0 radical (unpaired) electrons. The molecule has 0 aliphatic heterocycles. The summed E-state index contributed by atoms with van der Waals surface area (Å²) < 4.78 is 0.986. The Morgan fingerprint density at radius 3 is 2.48 bits per heavy atom. The smallest absolute Gasteiger partial charge is 0.335 e. The highest BCUT2D eigenvalue weighted by molar-refractivity contribution is 6.30. The van der Waals surface area contributed by atoms with Crippen molar-refractivity contribution in [3.05, 3.63) is 85.5 Å². The molecular weight excluding hydrogens is 368 g/mol. The predicted octanol–water partition coefficient (Wildman–Crippen LogP) is 3.03. The number of nitrogens with one attached hydrogen (secondary N) is 2. The van der Waals surface area contributed by atoms with E-state index in [1.54, 1.807) is 31.2 Å². The minimum absolute atomic E-state index is 0.106. The number of nitrogens with zero attached hydrogens (tertiary/aromatic N) is 2. The largest absolute Gasteiger partial charge is 0.493 e. The minimum atomic E-state index is -0.761. The number of aromatic hydroxyl groups is 1. The first-order valence-electron chi connectivity index (χ1n) is 8.09. The van der Waals surface area contributed by atoms with Crippen LogP contribution in [0.5, 0.6) is 5.88 Å². The van der Waals surface area contributed by atoms with E-state index >= 15 is 0 Å². The van der Waals surface area contributed by atoms with Gasteiger partial charge in [-0.3, -0.25) is 15.2 Å². The Morgan fingerprint density at radius 1 is 1.15 bits per heavy atom. The van der Waals surface area contributed by atoms with E-state index in [-0.39, 0.29) is 11.3 Å². The van der Waals surface area contributed by atoms with Crippen LogP contribution in [0.2, 0.25) is 5.02 Å². The van der Waals surface area contributed by atoms with E-state index in [9.17, 15) is 14.7 Å². The molecule has 0 amide bonds. The zero-order chi connectivity index (χ0) is 19.6. The average molecular weight is 385 g/mol. The van der Waals surface area contributed by atoms with Crippen molar-refractivity contribution in [3.8, 4) is 11.6 Å². The topological polar surface area (TPSA) is 99.5 Å². The van der Waals surface area contributed by atoms with Crippen LogP contribution in [0.1, 0.15) is 18.1 Å². The molecule has 0 atom stereocenters. The van der Waals surface area contributed by atoms with Crippen LogP contribution < -0.4 is 16.7 Å². The van der Waals surface area contributed by atoms with Gasteiger partial charge in [0.25, 0.3) is 5.56 Å². The molecule has 8 heteroatoms. The number of aromatic nitrogens is 2. The number of rotatable bonds is 4. The number of hydrogen-bond acceptors (Lipinski definition) is 5. The molecule has 0 unspecified atom stereocenters. The van der Waals surface area contributed by atoms with E-state index in [1.165, 1.54) is 0 Å². The summed E-state index contributed by atoms with van der Waals surface area (Å²) in [6, 6.07) is 13.8. The van der Waals surface area contributed by atoms with Crippen LogP contribution in [-0.2, 0) is 0 Å². The average Bonchev–Trinajstić information content (AvgIpc) is 2.62. The van der Waals surface area contributed by atoms with Gasteiger partial charge in [-0.25, -0.2) is 9.36 Å². The van der Waals surface area contributed by atoms with Crippen molar-refractivity contribution in [3.63, 3.8) is 0 Å². The second-order valence-corrected chi connectivity index (χ2v) is 6.33. The molecule has 0 aliphatic rings. The van der Waals surface area contributed by atoms with Crippen LogP contribution in [0.25, 0.3) is 5.69 Å². The predicted molar refractivity (Wildman–Crippen MR) is 106 cm³/mol. The van der Waals surface area contributed by atoms with Crippen LogP contribution in [0.4, 0.5) is 5.69 Å². The zero-order valence-electron chi connectivity index (χ0n) is 14.7. The number of aryl methyl sites for hydroxylation is 1. The summed E-state index contributed by atoms with van der Waals surface area (Å²) in [6.45, 7) is 3.48. The molecule has 3 rings (SSSR count). The highest BCUT2D eigenvalue weighted by Gasteiger charge is 2.18. The lowest BCUT2D eigenvalue weighted by atomic mass is 10.2. The number of benzene rings is 2. The van der Waals surface area contributed by atoms with Crippen LogP contribution >= 0.6 is 11.6 Å². The quantitative estimate of drug-likeness (QED) is 0.475. The molecule has 1 aromatic heterocycles. The Kier molecular flexibility index (Phi) is 5.14. The second-order valence-electron chi connectivity index (χ2n) is 5.89. The number of anilines is 1. The van der Waals surface area contributed by atoms with E-state index in [1.807, 2.05) is 31.2 Å². The Balaban J connectivity index is 2.07. The molecule has 27 heavy (non-hydrogen) atoms. The molecule has 138 valence electrons. The van der Waals surface area contributed by atoms with Gasteiger partial charge in [-0.15, -0.1) is 0 Å². The molecule has 0 bridgehead atoms.